The zero-order valence-electron chi connectivity index (χ0n) is 12.9. The number of benzene rings is 2. The highest BCUT2D eigenvalue weighted by Gasteiger charge is 2.38. The monoisotopic (exact) mass is 386 g/mol. The topological polar surface area (TPSA) is 73.1 Å². The summed E-state index contributed by atoms with van der Waals surface area (Å²) in [6, 6.07) is 10.5. The molecule has 0 amide bonds. The van der Waals surface area contributed by atoms with Gasteiger partial charge < -0.3 is 4.52 Å². The maximum absolute atomic E-state index is 13.7. The molecule has 0 N–H and O–H groups in total. The molecule has 0 aliphatic rings. The Bertz CT molecular complexity index is 1030. The lowest BCUT2D eigenvalue weighted by Gasteiger charge is -2.06. The fourth-order valence-electron chi connectivity index (χ4n) is 2.20. The van der Waals surface area contributed by atoms with Crippen LogP contribution in [0.15, 0.2) is 57.9 Å². The molecule has 0 aliphatic heterocycles. The third kappa shape index (κ3) is 3.74. The fraction of sp³-hybridized carbons (Fsp3) is 0.125. The highest BCUT2D eigenvalue weighted by Crippen LogP contribution is 2.29. The molecule has 0 saturated heterocycles. The number of rotatable bonds is 4. The molecular formula is C16H10F4N2O3S. The lowest BCUT2D eigenvalue weighted by atomic mass is 10.1. The normalized spacial score (nSPS) is 12.3. The minimum atomic E-state index is -4.75. The molecule has 136 valence electrons. The van der Waals surface area contributed by atoms with E-state index < -0.39 is 38.4 Å². The molecule has 3 aromatic rings. The van der Waals surface area contributed by atoms with Crippen LogP contribution in [0.1, 0.15) is 11.5 Å². The van der Waals surface area contributed by atoms with Crippen molar-refractivity contribution in [3.63, 3.8) is 0 Å². The van der Waals surface area contributed by atoms with Gasteiger partial charge in [-0.15, -0.1) is 0 Å². The molecule has 0 atom stereocenters. The Kier molecular flexibility index (Phi) is 4.53. The van der Waals surface area contributed by atoms with E-state index in [1.807, 2.05) is 0 Å². The van der Waals surface area contributed by atoms with Gasteiger partial charge in [-0.1, -0.05) is 41.6 Å². The maximum atomic E-state index is 13.7. The van der Waals surface area contributed by atoms with Gasteiger partial charge in [0.2, 0.25) is 5.82 Å². The second kappa shape index (κ2) is 6.52. The molecule has 26 heavy (non-hydrogen) atoms. The van der Waals surface area contributed by atoms with Gasteiger partial charge in [-0.3, -0.25) is 0 Å². The van der Waals surface area contributed by atoms with Crippen molar-refractivity contribution in [3.05, 3.63) is 65.8 Å². The van der Waals surface area contributed by atoms with E-state index >= 15 is 0 Å². The highest BCUT2D eigenvalue weighted by molar-refractivity contribution is 7.90. The van der Waals surface area contributed by atoms with Crippen molar-refractivity contribution in [1.29, 1.82) is 0 Å². The Morgan fingerprint density at radius 3 is 2.23 bits per heavy atom. The maximum Gasteiger partial charge on any atom is 0.471 e. The molecule has 10 heteroatoms. The molecule has 0 unspecified atom stereocenters. The average Bonchev–Trinajstić information content (AvgIpc) is 3.06. The summed E-state index contributed by atoms with van der Waals surface area (Å²) >= 11 is 0. The Morgan fingerprint density at radius 2 is 1.65 bits per heavy atom. The fourth-order valence-corrected chi connectivity index (χ4v) is 3.64. The first-order valence-electron chi connectivity index (χ1n) is 7.14. The quantitative estimate of drug-likeness (QED) is 0.637. The second-order valence-electron chi connectivity index (χ2n) is 5.31. The molecule has 0 fully saturated rings. The molecule has 0 saturated carbocycles. The van der Waals surface area contributed by atoms with Crippen molar-refractivity contribution in [2.75, 3.05) is 0 Å². The predicted octanol–water partition coefficient (Wildman–Crippen LogP) is 3.87. The van der Waals surface area contributed by atoms with E-state index in [4.69, 9.17) is 0 Å². The predicted molar refractivity (Wildman–Crippen MR) is 82.0 cm³/mol. The van der Waals surface area contributed by atoms with Crippen molar-refractivity contribution in [1.82, 2.24) is 10.1 Å². The van der Waals surface area contributed by atoms with Crippen LogP contribution in [-0.2, 0) is 21.8 Å². The molecule has 0 aliphatic carbocycles. The van der Waals surface area contributed by atoms with Crippen LogP contribution in [0.25, 0.3) is 11.4 Å². The third-order valence-electron chi connectivity index (χ3n) is 3.41. The largest absolute Gasteiger partial charge is 0.471 e. The van der Waals surface area contributed by atoms with Gasteiger partial charge in [0.25, 0.3) is 0 Å². The first kappa shape index (κ1) is 18.1. The molecule has 1 heterocycles. The molecule has 3 rings (SSSR count). The first-order chi connectivity index (χ1) is 12.2. The smallest absolute Gasteiger partial charge is 0.329 e. The summed E-state index contributed by atoms with van der Waals surface area (Å²) in [7, 11) is -3.91. The Balaban J connectivity index is 1.82. The summed E-state index contributed by atoms with van der Waals surface area (Å²) in [5.74, 6) is -3.07. The van der Waals surface area contributed by atoms with Gasteiger partial charge in [-0.2, -0.15) is 18.2 Å². The van der Waals surface area contributed by atoms with E-state index in [0.29, 0.717) is 5.56 Å². The van der Waals surface area contributed by atoms with Crippen LogP contribution in [0.2, 0.25) is 0 Å². The first-order valence-corrected chi connectivity index (χ1v) is 8.79. The number of nitrogens with zero attached hydrogens (tertiary/aromatic N) is 2. The van der Waals surface area contributed by atoms with Crippen molar-refractivity contribution in [2.24, 2.45) is 0 Å². The minimum absolute atomic E-state index is 0.219. The Labute approximate surface area is 145 Å². The van der Waals surface area contributed by atoms with Gasteiger partial charge in [0, 0.05) is 5.56 Å². The SMILES string of the molecule is O=S(=O)(Cc1ccc(-c2noc(C(F)(F)F)n2)cc1)c1ccccc1F. The van der Waals surface area contributed by atoms with Crippen molar-refractivity contribution in [3.8, 4) is 11.4 Å². The molecule has 0 spiro atoms. The molecule has 2 aromatic carbocycles. The zero-order valence-corrected chi connectivity index (χ0v) is 13.7. The lowest BCUT2D eigenvalue weighted by molar-refractivity contribution is -0.159. The van der Waals surface area contributed by atoms with Crippen LogP contribution in [0, 0.1) is 5.82 Å². The molecule has 5 nitrogen and oxygen atoms in total. The van der Waals surface area contributed by atoms with Crippen LogP contribution < -0.4 is 0 Å². The summed E-state index contributed by atoms with van der Waals surface area (Å²) < 4.78 is 79.8. The number of halogens is 4. The molecule has 0 radical (unpaired) electrons. The molecule has 1 aromatic heterocycles. The molecule has 0 bridgehead atoms. The average molecular weight is 386 g/mol. The van der Waals surface area contributed by atoms with Crippen LogP contribution in [0.4, 0.5) is 17.6 Å². The Hall–Kier alpha value is -2.75. The van der Waals surface area contributed by atoms with E-state index in [-0.39, 0.29) is 11.4 Å². The van der Waals surface area contributed by atoms with Gasteiger partial charge >= 0.3 is 12.1 Å². The summed E-state index contributed by atoms with van der Waals surface area (Å²) in [5.41, 5.74) is 0.549. The van der Waals surface area contributed by atoms with Crippen molar-refractivity contribution >= 4 is 9.84 Å². The third-order valence-corrected chi connectivity index (χ3v) is 5.12. The van der Waals surface area contributed by atoms with Gasteiger partial charge in [0.15, 0.2) is 9.84 Å². The minimum Gasteiger partial charge on any atom is -0.329 e. The van der Waals surface area contributed by atoms with E-state index in [1.165, 1.54) is 36.4 Å². The highest BCUT2D eigenvalue weighted by atomic mass is 32.2. The number of hydrogen-bond donors (Lipinski definition) is 0. The van der Waals surface area contributed by atoms with E-state index in [0.717, 1.165) is 12.1 Å². The van der Waals surface area contributed by atoms with Crippen molar-refractivity contribution < 1.29 is 30.5 Å². The van der Waals surface area contributed by atoms with Crippen LogP contribution in [-0.4, -0.2) is 18.6 Å². The van der Waals surface area contributed by atoms with E-state index in [1.54, 1.807) is 0 Å². The van der Waals surface area contributed by atoms with Crippen molar-refractivity contribution in [2.45, 2.75) is 16.8 Å². The van der Waals surface area contributed by atoms with E-state index in [9.17, 15) is 26.0 Å². The number of aromatic nitrogens is 2. The number of alkyl halides is 3. The Morgan fingerprint density at radius 1 is 1.00 bits per heavy atom. The van der Waals surface area contributed by atoms with Crippen LogP contribution >= 0.6 is 0 Å². The zero-order chi connectivity index (χ0) is 18.9. The van der Waals surface area contributed by atoms with E-state index in [2.05, 4.69) is 14.7 Å². The van der Waals surface area contributed by atoms with Crippen LogP contribution in [0.5, 0.6) is 0 Å². The van der Waals surface area contributed by atoms with Gasteiger partial charge in [-0.25, -0.2) is 12.8 Å². The van der Waals surface area contributed by atoms with Gasteiger partial charge in [0.05, 0.1) is 5.75 Å². The lowest BCUT2D eigenvalue weighted by Crippen LogP contribution is -2.07. The summed E-state index contributed by atoms with van der Waals surface area (Å²) in [5, 5.41) is 3.24. The summed E-state index contributed by atoms with van der Waals surface area (Å²) in [4.78, 5) is 2.83. The summed E-state index contributed by atoms with van der Waals surface area (Å²) in [6.45, 7) is 0. The summed E-state index contributed by atoms with van der Waals surface area (Å²) in [6.07, 6.45) is -4.75. The number of hydrogen-bond acceptors (Lipinski definition) is 5. The molecular weight excluding hydrogens is 376 g/mol. The second-order valence-corrected chi connectivity index (χ2v) is 7.27. The van der Waals surface area contributed by atoms with Gasteiger partial charge in [-0.05, 0) is 17.7 Å². The standard InChI is InChI=1S/C16H10F4N2O3S/c17-12-3-1-2-4-13(12)26(23,24)9-10-5-7-11(8-6-10)14-21-15(25-22-14)16(18,19)20/h1-8H,9H2. The number of sulfone groups is 1. The van der Waals surface area contributed by atoms with Gasteiger partial charge in [0.1, 0.15) is 10.7 Å². The van der Waals surface area contributed by atoms with Crippen LogP contribution in [0.3, 0.4) is 0 Å².